The predicted octanol–water partition coefficient (Wildman–Crippen LogP) is -1.83. The second kappa shape index (κ2) is 10.2. The Morgan fingerprint density at radius 3 is 2.17 bits per heavy atom. The standard InChI is InChI=1S/C12H18N8O2S2/c1-13-10(23)17-15-4-7-19-6-3-9(21)20(12(19)22)8-5-16-18-11(24)14-2/h3-6H,7-8H2,1-2H3,(H2,13,17,23)(H2,14,18,24)/b15-4-,16-5-. The fourth-order valence-electron chi connectivity index (χ4n) is 1.44. The molecule has 12 heteroatoms. The molecule has 10 nitrogen and oxygen atoms in total. The first-order chi connectivity index (χ1) is 11.5. The van der Waals surface area contributed by atoms with Gasteiger partial charge in [0.15, 0.2) is 10.2 Å². The Kier molecular flexibility index (Phi) is 8.29. The SMILES string of the molecule is CNC(=S)N/N=C\Cn1ccc(=O)n(C/C=N\NC(=S)NC)c1=O. The van der Waals surface area contributed by atoms with Crippen LogP contribution in [-0.2, 0) is 13.1 Å². The van der Waals surface area contributed by atoms with E-state index in [-0.39, 0.29) is 13.1 Å². The highest BCUT2D eigenvalue weighted by atomic mass is 32.1. The molecule has 1 heterocycles. The van der Waals surface area contributed by atoms with Crippen LogP contribution in [0, 0.1) is 0 Å². The third-order valence-electron chi connectivity index (χ3n) is 2.65. The average molecular weight is 370 g/mol. The molecule has 24 heavy (non-hydrogen) atoms. The van der Waals surface area contributed by atoms with Gasteiger partial charge in [-0.15, -0.1) is 0 Å². The van der Waals surface area contributed by atoms with Crippen LogP contribution >= 0.6 is 24.4 Å². The molecular formula is C12H18N8O2S2. The van der Waals surface area contributed by atoms with Crippen LogP contribution in [0.2, 0.25) is 0 Å². The van der Waals surface area contributed by atoms with Gasteiger partial charge < -0.3 is 10.6 Å². The fourth-order valence-corrected chi connectivity index (χ4v) is 1.54. The van der Waals surface area contributed by atoms with Gasteiger partial charge in [0.25, 0.3) is 5.56 Å². The van der Waals surface area contributed by atoms with Crippen LogP contribution in [-0.4, -0.2) is 45.9 Å². The van der Waals surface area contributed by atoms with Crippen molar-refractivity contribution in [3.05, 3.63) is 33.1 Å². The summed E-state index contributed by atoms with van der Waals surface area (Å²) in [6, 6.07) is 1.29. The molecule has 0 aliphatic heterocycles. The van der Waals surface area contributed by atoms with Crippen molar-refractivity contribution in [2.45, 2.75) is 13.1 Å². The minimum Gasteiger partial charge on any atom is -0.364 e. The van der Waals surface area contributed by atoms with Crippen molar-refractivity contribution < 1.29 is 0 Å². The summed E-state index contributed by atoms with van der Waals surface area (Å²) in [4.78, 5) is 24.0. The summed E-state index contributed by atoms with van der Waals surface area (Å²) in [5.74, 6) is 0. The zero-order valence-electron chi connectivity index (χ0n) is 13.1. The van der Waals surface area contributed by atoms with Gasteiger partial charge in [0.05, 0.1) is 13.1 Å². The third kappa shape index (κ3) is 6.26. The molecule has 0 saturated heterocycles. The lowest BCUT2D eigenvalue weighted by atomic mass is 10.5. The largest absolute Gasteiger partial charge is 0.364 e. The van der Waals surface area contributed by atoms with Crippen LogP contribution < -0.4 is 32.7 Å². The van der Waals surface area contributed by atoms with Crippen molar-refractivity contribution in [2.75, 3.05) is 14.1 Å². The molecule has 0 unspecified atom stereocenters. The summed E-state index contributed by atoms with van der Waals surface area (Å²) >= 11 is 9.69. The molecule has 0 atom stereocenters. The first kappa shape index (κ1) is 19.4. The van der Waals surface area contributed by atoms with E-state index >= 15 is 0 Å². The van der Waals surface area contributed by atoms with Crippen LogP contribution in [0.3, 0.4) is 0 Å². The van der Waals surface area contributed by atoms with Crippen molar-refractivity contribution >= 4 is 47.1 Å². The summed E-state index contributed by atoms with van der Waals surface area (Å²) < 4.78 is 2.36. The number of thiocarbonyl (C=S) groups is 2. The minimum absolute atomic E-state index is 0.0110. The quantitative estimate of drug-likeness (QED) is 0.262. The molecule has 1 aromatic rings. The van der Waals surface area contributed by atoms with Crippen LogP contribution in [0.4, 0.5) is 0 Å². The number of nitrogens with one attached hydrogen (secondary N) is 4. The van der Waals surface area contributed by atoms with Crippen LogP contribution in [0.1, 0.15) is 0 Å². The van der Waals surface area contributed by atoms with Crippen molar-refractivity contribution in [1.82, 2.24) is 30.6 Å². The van der Waals surface area contributed by atoms with E-state index in [0.717, 1.165) is 4.57 Å². The molecule has 0 spiro atoms. The van der Waals surface area contributed by atoms with Gasteiger partial charge in [-0.05, 0) is 24.4 Å². The summed E-state index contributed by atoms with van der Waals surface area (Å²) in [5, 5.41) is 13.7. The number of hydrazone groups is 2. The summed E-state index contributed by atoms with van der Waals surface area (Å²) in [5.41, 5.74) is 4.19. The van der Waals surface area contributed by atoms with E-state index in [4.69, 9.17) is 24.4 Å². The molecule has 0 aliphatic carbocycles. The van der Waals surface area contributed by atoms with E-state index in [0.29, 0.717) is 10.2 Å². The smallest absolute Gasteiger partial charge is 0.331 e. The van der Waals surface area contributed by atoms with Crippen molar-refractivity contribution in [1.29, 1.82) is 0 Å². The molecule has 1 rings (SSSR count). The Labute approximate surface area is 148 Å². The van der Waals surface area contributed by atoms with Gasteiger partial charge in [0.2, 0.25) is 0 Å². The zero-order valence-corrected chi connectivity index (χ0v) is 14.8. The predicted molar refractivity (Wildman–Crippen MR) is 102 cm³/mol. The number of nitrogens with zero attached hydrogens (tertiary/aromatic N) is 4. The number of hydrogen-bond acceptors (Lipinski definition) is 6. The molecule has 4 N–H and O–H groups in total. The van der Waals surface area contributed by atoms with Gasteiger partial charge in [0, 0.05) is 38.8 Å². The van der Waals surface area contributed by atoms with E-state index in [2.05, 4.69) is 31.7 Å². The van der Waals surface area contributed by atoms with Crippen LogP contribution in [0.25, 0.3) is 0 Å². The molecule has 0 amide bonds. The summed E-state index contributed by atoms with van der Waals surface area (Å²) in [7, 11) is 3.30. The average Bonchev–Trinajstić information content (AvgIpc) is 2.58. The molecule has 0 aliphatic rings. The maximum Gasteiger partial charge on any atom is 0.331 e. The molecule has 0 aromatic carbocycles. The lowest BCUT2D eigenvalue weighted by molar-refractivity contribution is 0.649. The highest BCUT2D eigenvalue weighted by molar-refractivity contribution is 7.80. The Hall–Kier alpha value is -2.60. The molecule has 130 valence electrons. The van der Waals surface area contributed by atoms with Gasteiger partial charge in [-0.1, -0.05) is 0 Å². The van der Waals surface area contributed by atoms with E-state index in [1.165, 1.54) is 29.3 Å². The van der Waals surface area contributed by atoms with Gasteiger partial charge in [-0.3, -0.25) is 24.8 Å². The van der Waals surface area contributed by atoms with Crippen LogP contribution in [0.5, 0.6) is 0 Å². The monoisotopic (exact) mass is 370 g/mol. The molecule has 1 aromatic heterocycles. The molecule has 0 bridgehead atoms. The van der Waals surface area contributed by atoms with Gasteiger partial charge in [0.1, 0.15) is 0 Å². The number of aromatic nitrogens is 2. The van der Waals surface area contributed by atoms with E-state index in [1.54, 1.807) is 14.1 Å². The van der Waals surface area contributed by atoms with Crippen molar-refractivity contribution in [2.24, 2.45) is 10.2 Å². The zero-order chi connectivity index (χ0) is 17.9. The summed E-state index contributed by atoms with van der Waals surface area (Å²) in [6.45, 7) is 0.189. The maximum atomic E-state index is 12.2. The van der Waals surface area contributed by atoms with E-state index in [1.807, 2.05) is 0 Å². The molecule has 0 fully saturated rings. The van der Waals surface area contributed by atoms with Gasteiger partial charge >= 0.3 is 5.69 Å². The second-order valence-electron chi connectivity index (χ2n) is 4.20. The van der Waals surface area contributed by atoms with E-state index in [9.17, 15) is 9.59 Å². The Morgan fingerprint density at radius 2 is 1.62 bits per heavy atom. The van der Waals surface area contributed by atoms with Crippen molar-refractivity contribution in [3.63, 3.8) is 0 Å². The van der Waals surface area contributed by atoms with E-state index < -0.39 is 11.2 Å². The third-order valence-corrected chi connectivity index (χ3v) is 3.24. The second-order valence-corrected chi connectivity index (χ2v) is 5.02. The number of rotatable bonds is 6. The Balaban J connectivity index is 2.77. The lowest BCUT2D eigenvalue weighted by Gasteiger charge is -2.06. The highest BCUT2D eigenvalue weighted by Gasteiger charge is 2.03. The Bertz CT molecular complexity index is 752. The van der Waals surface area contributed by atoms with Crippen molar-refractivity contribution in [3.8, 4) is 0 Å². The first-order valence-corrected chi connectivity index (χ1v) is 7.60. The topological polar surface area (TPSA) is 117 Å². The minimum atomic E-state index is -0.479. The van der Waals surface area contributed by atoms with Gasteiger partial charge in [-0.25, -0.2) is 4.79 Å². The van der Waals surface area contributed by atoms with Gasteiger partial charge in [-0.2, -0.15) is 10.2 Å². The van der Waals surface area contributed by atoms with Crippen LogP contribution in [0.15, 0.2) is 32.1 Å². The first-order valence-electron chi connectivity index (χ1n) is 6.78. The maximum absolute atomic E-state index is 12.2. The Morgan fingerprint density at radius 1 is 1.08 bits per heavy atom. The highest BCUT2D eigenvalue weighted by Crippen LogP contribution is 1.78. The normalized spacial score (nSPS) is 10.8. The summed E-state index contributed by atoms with van der Waals surface area (Å²) in [6.07, 6.45) is 4.23. The molecule has 0 radical (unpaired) electrons. The number of hydrogen-bond donors (Lipinski definition) is 4. The lowest BCUT2D eigenvalue weighted by Crippen LogP contribution is -2.40. The fraction of sp³-hybridized carbons (Fsp3) is 0.333. The molecular weight excluding hydrogens is 352 g/mol. The molecule has 0 saturated carbocycles.